The van der Waals surface area contributed by atoms with Crippen LogP contribution in [0.15, 0.2) is 9.52 Å². The molecule has 0 unspecified atom stereocenters. The normalized spacial score (nSPS) is 24.2. The van der Waals surface area contributed by atoms with E-state index in [1.807, 2.05) is 25.6 Å². The van der Waals surface area contributed by atoms with Crippen molar-refractivity contribution in [3.63, 3.8) is 0 Å². The van der Waals surface area contributed by atoms with Crippen molar-refractivity contribution in [2.75, 3.05) is 32.7 Å². The third-order valence-electron chi connectivity index (χ3n) is 4.00. The van der Waals surface area contributed by atoms with E-state index in [2.05, 4.69) is 26.9 Å². The molecule has 1 saturated heterocycles. The summed E-state index contributed by atoms with van der Waals surface area (Å²) < 4.78 is 5.24. The van der Waals surface area contributed by atoms with Gasteiger partial charge < -0.3 is 9.42 Å². The number of hydrogen-bond donors (Lipinski definition) is 0. The minimum absolute atomic E-state index is 0.644. The molecule has 2 aliphatic heterocycles. The fraction of sp³-hybridized carbons (Fsp3) is 0.714. The van der Waals surface area contributed by atoms with Crippen LogP contribution in [0.2, 0.25) is 0 Å². The Morgan fingerprint density at radius 1 is 1.25 bits per heavy atom. The molecular formula is C14H22N4OS. The average Bonchev–Trinajstić information content (AvgIpc) is 3.01. The van der Waals surface area contributed by atoms with Crippen molar-refractivity contribution in [3.05, 3.63) is 17.0 Å². The molecule has 2 aliphatic rings. The van der Waals surface area contributed by atoms with Gasteiger partial charge in [-0.25, -0.2) is 0 Å². The molecule has 0 radical (unpaired) electrons. The molecule has 0 spiro atoms. The van der Waals surface area contributed by atoms with Crippen LogP contribution < -0.4 is 0 Å². The number of amidine groups is 1. The number of rotatable bonds is 2. The van der Waals surface area contributed by atoms with E-state index in [9.17, 15) is 0 Å². The molecule has 110 valence electrons. The van der Waals surface area contributed by atoms with E-state index in [-0.39, 0.29) is 0 Å². The van der Waals surface area contributed by atoms with Gasteiger partial charge in [0.1, 0.15) is 5.76 Å². The first-order chi connectivity index (χ1) is 9.63. The van der Waals surface area contributed by atoms with Crippen LogP contribution in [0.5, 0.6) is 0 Å². The summed E-state index contributed by atoms with van der Waals surface area (Å²) in [5, 5.41) is 5.92. The zero-order valence-electron chi connectivity index (χ0n) is 12.4. The molecule has 0 aromatic carbocycles. The van der Waals surface area contributed by atoms with Crippen LogP contribution in [0.4, 0.5) is 0 Å². The Balaban J connectivity index is 1.54. The minimum Gasteiger partial charge on any atom is -0.361 e. The molecule has 1 fully saturated rings. The van der Waals surface area contributed by atoms with Gasteiger partial charge >= 0.3 is 0 Å². The molecule has 0 N–H and O–H groups in total. The maximum absolute atomic E-state index is 5.24. The van der Waals surface area contributed by atoms with Crippen molar-refractivity contribution in [1.82, 2.24) is 15.0 Å². The number of aryl methyl sites for hydroxylation is 2. The van der Waals surface area contributed by atoms with Crippen molar-refractivity contribution in [3.8, 4) is 0 Å². The first kappa shape index (κ1) is 13.9. The highest BCUT2D eigenvalue weighted by Gasteiger charge is 2.25. The Bertz CT molecular complexity index is 486. The first-order valence-corrected chi connectivity index (χ1v) is 8.11. The summed E-state index contributed by atoms with van der Waals surface area (Å²) in [4.78, 5) is 9.54. The summed E-state index contributed by atoms with van der Waals surface area (Å²) in [6.07, 6.45) is 0. The standard InChI is InChI=1S/C14H22N4OS/c1-10-8-15-14(20-10)18-6-4-17(5-7-18)9-13-11(2)16-19-12(13)3/h10H,4-9H2,1-3H3/t10-/m1/s1. The van der Waals surface area contributed by atoms with Crippen LogP contribution in [0.1, 0.15) is 23.9 Å². The molecule has 1 atom stereocenters. The number of piperazine rings is 1. The molecule has 0 saturated carbocycles. The van der Waals surface area contributed by atoms with E-state index in [1.165, 1.54) is 10.7 Å². The van der Waals surface area contributed by atoms with E-state index < -0.39 is 0 Å². The lowest BCUT2D eigenvalue weighted by molar-refractivity contribution is 0.176. The summed E-state index contributed by atoms with van der Waals surface area (Å²) in [6.45, 7) is 12.5. The molecule has 6 heteroatoms. The molecule has 0 bridgehead atoms. The van der Waals surface area contributed by atoms with Crippen LogP contribution in [0.25, 0.3) is 0 Å². The topological polar surface area (TPSA) is 44.9 Å². The largest absolute Gasteiger partial charge is 0.361 e. The fourth-order valence-corrected chi connectivity index (χ4v) is 3.67. The van der Waals surface area contributed by atoms with Gasteiger partial charge in [0.15, 0.2) is 5.17 Å². The van der Waals surface area contributed by atoms with Crippen molar-refractivity contribution in [1.29, 1.82) is 0 Å². The lowest BCUT2D eigenvalue weighted by Gasteiger charge is -2.35. The molecule has 0 aliphatic carbocycles. The van der Waals surface area contributed by atoms with Crippen LogP contribution in [0, 0.1) is 13.8 Å². The van der Waals surface area contributed by atoms with E-state index >= 15 is 0 Å². The average molecular weight is 294 g/mol. The molecule has 1 aromatic rings. The SMILES string of the molecule is Cc1noc(C)c1CN1CCN(C2=NC[C@@H](C)S2)CC1. The Morgan fingerprint density at radius 2 is 2.00 bits per heavy atom. The highest BCUT2D eigenvalue weighted by molar-refractivity contribution is 8.14. The molecule has 5 nitrogen and oxygen atoms in total. The predicted molar refractivity (Wildman–Crippen MR) is 82.2 cm³/mol. The number of nitrogens with zero attached hydrogens (tertiary/aromatic N) is 4. The van der Waals surface area contributed by atoms with Crippen LogP contribution in [0.3, 0.4) is 0 Å². The van der Waals surface area contributed by atoms with Crippen molar-refractivity contribution < 1.29 is 4.52 Å². The number of hydrogen-bond acceptors (Lipinski definition) is 6. The second-order valence-corrected chi connectivity index (χ2v) is 7.02. The van der Waals surface area contributed by atoms with E-state index in [0.29, 0.717) is 5.25 Å². The summed E-state index contributed by atoms with van der Waals surface area (Å²) in [5.74, 6) is 0.953. The van der Waals surface area contributed by atoms with Crippen LogP contribution >= 0.6 is 11.8 Å². The molecule has 3 rings (SSSR count). The molecule has 0 amide bonds. The van der Waals surface area contributed by atoms with E-state index in [4.69, 9.17) is 4.52 Å². The fourth-order valence-electron chi connectivity index (χ4n) is 2.68. The van der Waals surface area contributed by atoms with Gasteiger partial charge in [-0.15, -0.1) is 0 Å². The minimum atomic E-state index is 0.644. The third-order valence-corrected chi connectivity index (χ3v) is 5.15. The lowest BCUT2D eigenvalue weighted by atomic mass is 10.2. The van der Waals surface area contributed by atoms with Crippen LogP contribution in [-0.2, 0) is 6.54 Å². The molecule has 20 heavy (non-hydrogen) atoms. The summed E-state index contributed by atoms with van der Waals surface area (Å²) in [5.41, 5.74) is 2.27. The Labute approximate surface area is 124 Å². The third kappa shape index (κ3) is 2.86. The summed E-state index contributed by atoms with van der Waals surface area (Å²) >= 11 is 1.92. The summed E-state index contributed by atoms with van der Waals surface area (Å²) in [6, 6.07) is 0. The van der Waals surface area contributed by atoms with E-state index in [1.54, 1.807) is 0 Å². The van der Waals surface area contributed by atoms with Crippen molar-refractivity contribution in [2.45, 2.75) is 32.6 Å². The Morgan fingerprint density at radius 3 is 2.55 bits per heavy atom. The van der Waals surface area contributed by atoms with Gasteiger partial charge in [-0.05, 0) is 13.8 Å². The lowest BCUT2D eigenvalue weighted by Crippen LogP contribution is -2.47. The molecule has 1 aromatic heterocycles. The monoisotopic (exact) mass is 294 g/mol. The first-order valence-electron chi connectivity index (χ1n) is 7.23. The van der Waals surface area contributed by atoms with Gasteiger partial charge in [-0.1, -0.05) is 23.8 Å². The second kappa shape index (κ2) is 5.77. The molecule has 3 heterocycles. The smallest absolute Gasteiger partial charge is 0.159 e. The van der Waals surface area contributed by atoms with E-state index in [0.717, 1.165) is 50.7 Å². The summed E-state index contributed by atoms with van der Waals surface area (Å²) in [7, 11) is 0. The zero-order valence-corrected chi connectivity index (χ0v) is 13.2. The zero-order chi connectivity index (χ0) is 14.1. The van der Waals surface area contributed by atoms with Gasteiger partial charge in [0.05, 0.1) is 12.2 Å². The molecular weight excluding hydrogens is 272 g/mol. The van der Waals surface area contributed by atoms with Gasteiger partial charge in [0.2, 0.25) is 0 Å². The highest BCUT2D eigenvalue weighted by atomic mass is 32.2. The Hall–Kier alpha value is -1.01. The maximum atomic E-state index is 5.24. The Kier molecular flexibility index (Phi) is 4.03. The van der Waals surface area contributed by atoms with Gasteiger partial charge in [-0.3, -0.25) is 9.89 Å². The van der Waals surface area contributed by atoms with Crippen molar-refractivity contribution >= 4 is 16.9 Å². The van der Waals surface area contributed by atoms with Gasteiger partial charge in [-0.2, -0.15) is 0 Å². The number of thioether (sulfide) groups is 1. The van der Waals surface area contributed by atoms with Crippen LogP contribution in [-0.4, -0.2) is 58.1 Å². The van der Waals surface area contributed by atoms with Gasteiger partial charge in [0.25, 0.3) is 0 Å². The maximum Gasteiger partial charge on any atom is 0.159 e. The highest BCUT2D eigenvalue weighted by Crippen LogP contribution is 2.24. The number of aromatic nitrogens is 1. The second-order valence-electron chi connectivity index (χ2n) is 5.62. The van der Waals surface area contributed by atoms with Crippen molar-refractivity contribution in [2.24, 2.45) is 4.99 Å². The quantitative estimate of drug-likeness (QED) is 0.833. The van der Waals surface area contributed by atoms with Gasteiger partial charge in [0, 0.05) is 43.5 Å². The number of aliphatic imine (C=N–C) groups is 1. The predicted octanol–water partition coefficient (Wildman–Crippen LogP) is 1.90.